The maximum absolute atomic E-state index is 12.9. The first-order valence-electron chi connectivity index (χ1n) is 7.66. The third-order valence-electron chi connectivity index (χ3n) is 4.04. The van der Waals surface area contributed by atoms with E-state index in [1.807, 2.05) is 0 Å². The first-order valence-corrected chi connectivity index (χ1v) is 9.10. The Morgan fingerprint density at radius 3 is 2.44 bits per heavy atom. The molecule has 138 valence electrons. The fourth-order valence-corrected chi connectivity index (χ4v) is 4.46. The molecule has 0 bridgehead atoms. The molecule has 0 unspecified atom stereocenters. The van der Waals surface area contributed by atoms with Crippen LogP contribution in [0.1, 0.15) is 19.8 Å². The van der Waals surface area contributed by atoms with Crippen molar-refractivity contribution in [1.82, 2.24) is 15.1 Å². The molecule has 25 heavy (non-hydrogen) atoms. The summed E-state index contributed by atoms with van der Waals surface area (Å²) in [5.74, 6) is -0.597. The molecule has 0 spiro atoms. The van der Waals surface area contributed by atoms with Crippen LogP contribution in [0.15, 0.2) is 29.2 Å². The van der Waals surface area contributed by atoms with Crippen LogP contribution in [0, 0.1) is 0 Å². The van der Waals surface area contributed by atoms with Crippen molar-refractivity contribution in [1.29, 1.82) is 0 Å². The van der Waals surface area contributed by atoms with Gasteiger partial charge in [0.2, 0.25) is 15.9 Å². The Morgan fingerprint density at radius 2 is 1.92 bits per heavy atom. The minimum atomic E-state index is -3.95. The third-order valence-corrected chi connectivity index (χ3v) is 5.96. The maximum Gasteiger partial charge on any atom is 0.261 e. The Balaban J connectivity index is 2.30. The summed E-state index contributed by atoms with van der Waals surface area (Å²) in [6.45, 7) is 1.39. The number of amides is 2. The molecule has 2 rings (SSSR count). The largest absolute Gasteiger partial charge is 0.497 e. The number of hydroxylamine groups is 1. The van der Waals surface area contributed by atoms with Crippen LogP contribution < -0.4 is 15.5 Å². The second-order valence-electron chi connectivity index (χ2n) is 5.70. The molecule has 0 aromatic heterocycles. The van der Waals surface area contributed by atoms with Crippen molar-refractivity contribution in [3.05, 3.63) is 24.3 Å². The number of benzene rings is 1. The molecule has 1 aliphatic heterocycles. The molecule has 1 aromatic carbocycles. The first kappa shape index (κ1) is 19.2. The molecule has 10 heteroatoms. The smallest absolute Gasteiger partial charge is 0.261 e. The second kappa shape index (κ2) is 7.81. The number of rotatable bonds is 5. The van der Waals surface area contributed by atoms with Crippen LogP contribution in [-0.4, -0.2) is 55.5 Å². The molecule has 1 fully saturated rings. The summed E-state index contributed by atoms with van der Waals surface area (Å²) >= 11 is 0. The van der Waals surface area contributed by atoms with Crippen molar-refractivity contribution in [2.45, 2.75) is 36.7 Å². The zero-order valence-electron chi connectivity index (χ0n) is 13.9. The number of hydrogen-bond donors (Lipinski definition) is 3. The Labute approximate surface area is 146 Å². The van der Waals surface area contributed by atoms with Crippen molar-refractivity contribution in [2.24, 2.45) is 0 Å². The number of hydrogen-bond acceptors (Lipinski definition) is 6. The van der Waals surface area contributed by atoms with E-state index in [0.29, 0.717) is 12.2 Å². The lowest BCUT2D eigenvalue weighted by Gasteiger charge is -2.37. The number of carbonyl (C=O) groups is 2. The fraction of sp³-hybridized carbons (Fsp3) is 0.467. The molecule has 2 atom stereocenters. The summed E-state index contributed by atoms with van der Waals surface area (Å²) in [6.07, 6.45) is 0.436. The Bertz CT molecular complexity index is 734. The number of carbonyl (C=O) groups excluding carboxylic acids is 2. The highest BCUT2D eigenvalue weighted by atomic mass is 32.2. The average Bonchev–Trinajstić information content (AvgIpc) is 2.60. The van der Waals surface area contributed by atoms with Gasteiger partial charge in [-0.2, -0.15) is 4.31 Å². The van der Waals surface area contributed by atoms with Gasteiger partial charge in [0.25, 0.3) is 5.91 Å². The normalized spacial score (nSPS) is 21.4. The van der Waals surface area contributed by atoms with Gasteiger partial charge >= 0.3 is 0 Å². The van der Waals surface area contributed by atoms with Gasteiger partial charge in [0.15, 0.2) is 0 Å². The van der Waals surface area contributed by atoms with Gasteiger partial charge in [-0.1, -0.05) is 0 Å². The summed E-state index contributed by atoms with van der Waals surface area (Å²) in [5.41, 5.74) is 1.50. The van der Waals surface area contributed by atoms with Gasteiger partial charge in [-0.05, 0) is 37.1 Å². The zero-order chi connectivity index (χ0) is 18.6. The standard InChI is InChI=1S/C15H21N3O6S/c1-10(19)16-11-7-8-18(14(9-11)15(20)17-21)25(22,23)13-5-3-12(24-2)4-6-13/h3-6,11,14,21H,7-9H2,1-2H3,(H,16,19)(H,17,20)/t11-,14-/m0/s1. The van der Waals surface area contributed by atoms with Gasteiger partial charge in [-0.15, -0.1) is 0 Å². The van der Waals surface area contributed by atoms with Gasteiger partial charge < -0.3 is 10.1 Å². The van der Waals surface area contributed by atoms with E-state index in [1.165, 1.54) is 43.8 Å². The molecule has 1 aromatic rings. The molecule has 1 saturated heterocycles. The first-order chi connectivity index (χ1) is 11.8. The number of piperidine rings is 1. The van der Waals surface area contributed by atoms with Crippen molar-refractivity contribution in [3.63, 3.8) is 0 Å². The van der Waals surface area contributed by atoms with E-state index in [0.717, 1.165) is 4.31 Å². The number of ether oxygens (including phenoxy) is 1. The lowest BCUT2D eigenvalue weighted by Crippen LogP contribution is -2.56. The molecule has 1 heterocycles. The maximum atomic E-state index is 12.9. The fourth-order valence-electron chi connectivity index (χ4n) is 2.85. The summed E-state index contributed by atoms with van der Waals surface area (Å²) < 4.78 is 31.8. The van der Waals surface area contributed by atoms with Crippen LogP contribution in [0.25, 0.3) is 0 Å². The third kappa shape index (κ3) is 4.27. The molecule has 1 aliphatic rings. The predicted octanol–water partition coefficient (Wildman–Crippen LogP) is -0.142. The average molecular weight is 371 g/mol. The number of methoxy groups -OCH3 is 1. The highest BCUT2D eigenvalue weighted by Gasteiger charge is 2.40. The molecule has 0 radical (unpaired) electrons. The summed E-state index contributed by atoms with van der Waals surface area (Å²) in [5, 5.41) is 11.6. The molecular formula is C15H21N3O6S. The molecule has 2 amide bonds. The number of nitrogens with zero attached hydrogens (tertiary/aromatic N) is 1. The van der Waals surface area contributed by atoms with Crippen molar-refractivity contribution < 1.29 is 28.0 Å². The lowest BCUT2D eigenvalue weighted by molar-refractivity contribution is -0.134. The highest BCUT2D eigenvalue weighted by molar-refractivity contribution is 7.89. The van der Waals surface area contributed by atoms with Gasteiger partial charge in [0.05, 0.1) is 12.0 Å². The quantitative estimate of drug-likeness (QED) is 0.489. The minimum Gasteiger partial charge on any atom is -0.497 e. The van der Waals surface area contributed by atoms with Crippen LogP contribution in [-0.2, 0) is 19.6 Å². The van der Waals surface area contributed by atoms with Crippen LogP contribution in [0.5, 0.6) is 5.75 Å². The lowest BCUT2D eigenvalue weighted by atomic mass is 9.99. The molecule has 3 N–H and O–H groups in total. The zero-order valence-corrected chi connectivity index (χ0v) is 14.7. The molecule has 0 aliphatic carbocycles. The van der Waals surface area contributed by atoms with Crippen molar-refractivity contribution in [3.8, 4) is 5.75 Å². The van der Waals surface area contributed by atoms with E-state index < -0.39 is 22.0 Å². The van der Waals surface area contributed by atoms with Gasteiger partial charge in [-0.25, -0.2) is 13.9 Å². The predicted molar refractivity (Wildman–Crippen MR) is 87.4 cm³/mol. The van der Waals surface area contributed by atoms with E-state index in [9.17, 15) is 18.0 Å². The van der Waals surface area contributed by atoms with Crippen LogP contribution >= 0.6 is 0 Å². The van der Waals surface area contributed by atoms with E-state index in [2.05, 4.69) is 5.32 Å². The van der Waals surface area contributed by atoms with Crippen molar-refractivity contribution >= 4 is 21.8 Å². The van der Waals surface area contributed by atoms with E-state index in [1.54, 1.807) is 0 Å². The van der Waals surface area contributed by atoms with E-state index in [-0.39, 0.29) is 29.8 Å². The number of sulfonamides is 1. The van der Waals surface area contributed by atoms with Crippen LogP contribution in [0.3, 0.4) is 0 Å². The second-order valence-corrected chi connectivity index (χ2v) is 7.60. The van der Waals surface area contributed by atoms with Gasteiger partial charge in [-0.3, -0.25) is 14.8 Å². The Hall–Kier alpha value is -2.17. The summed E-state index contributed by atoms with van der Waals surface area (Å²) in [7, 11) is -2.48. The van der Waals surface area contributed by atoms with E-state index >= 15 is 0 Å². The highest BCUT2D eigenvalue weighted by Crippen LogP contribution is 2.27. The summed E-state index contributed by atoms with van der Waals surface area (Å²) in [6, 6.07) is 4.34. The number of nitrogens with one attached hydrogen (secondary N) is 2. The van der Waals surface area contributed by atoms with Crippen LogP contribution in [0.4, 0.5) is 0 Å². The van der Waals surface area contributed by atoms with Crippen molar-refractivity contribution in [2.75, 3.05) is 13.7 Å². The summed E-state index contributed by atoms with van der Waals surface area (Å²) in [4.78, 5) is 23.2. The Kier molecular flexibility index (Phi) is 5.98. The van der Waals surface area contributed by atoms with Crippen LogP contribution in [0.2, 0.25) is 0 Å². The topological polar surface area (TPSA) is 125 Å². The minimum absolute atomic E-state index is 0.0158. The van der Waals surface area contributed by atoms with E-state index in [4.69, 9.17) is 9.94 Å². The van der Waals surface area contributed by atoms with Gasteiger partial charge in [0.1, 0.15) is 11.8 Å². The monoisotopic (exact) mass is 371 g/mol. The Morgan fingerprint density at radius 1 is 1.28 bits per heavy atom. The van der Waals surface area contributed by atoms with Gasteiger partial charge in [0, 0.05) is 19.5 Å². The SMILES string of the molecule is COc1ccc(S(=O)(=O)N2CC[C@H](NC(C)=O)C[C@H]2C(=O)NO)cc1. The molecular weight excluding hydrogens is 350 g/mol. The molecule has 9 nitrogen and oxygen atoms in total. The molecule has 0 saturated carbocycles.